The summed E-state index contributed by atoms with van der Waals surface area (Å²) < 4.78 is 9.60. The molecule has 1 atom stereocenters. The lowest BCUT2D eigenvalue weighted by molar-refractivity contribution is -0.139. The Labute approximate surface area is 72.7 Å². The highest BCUT2D eigenvalue weighted by atomic mass is 16.6. The van der Waals surface area contributed by atoms with E-state index in [0.29, 0.717) is 18.8 Å². The second-order valence-corrected chi connectivity index (χ2v) is 2.33. The molecule has 1 unspecified atom stereocenters. The van der Waals surface area contributed by atoms with Crippen LogP contribution in [0.15, 0.2) is 25.3 Å². The van der Waals surface area contributed by atoms with Gasteiger partial charge in [0.1, 0.15) is 12.7 Å². The zero-order chi connectivity index (χ0) is 9.56. The topological polar surface area (TPSA) is 38.8 Å². The first-order valence-electron chi connectivity index (χ1n) is 3.64. The Morgan fingerprint density at radius 3 is 2.50 bits per heavy atom. The van der Waals surface area contributed by atoms with Gasteiger partial charge in [0.25, 0.3) is 0 Å². The van der Waals surface area contributed by atoms with Gasteiger partial charge in [-0.15, -0.1) is 13.2 Å². The van der Waals surface area contributed by atoms with E-state index >= 15 is 0 Å². The standard InChI is InChI=1S/C7H10O3.C2H4/c1-5(2)7(8)10-4-6-3-9-6;1-2/h6H,1,3-4H2,2H3;1-2H2. The monoisotopic (exact) mass is 170 g/mol. The Hall–Kier alpha value is -1.09. The van der Waals surface area contributed by atoms with Crippen molar-refractivity contribution in [1.29, 1.82) is 0 Å². The third-order valence-corrected chi connectivity index (χ3v) is 1.15. The van der Waals surface area contributed by atoms with Crippen molar-refractivity contribution in [2.75, 3.05) is 13.2 Å². The predicted octanol–water partition coefficient (Wildman–Crippen LogP) is 1.31. The third kappa shape index (κ3) is 4.68. The average molecular weight is 170 g/mol. The summed E-state index contributed by atoms with van der Waals surface area (Å²) >= 11 is 0. The zero-order valence-electron chi connectivity index (χ0n) is 7.34. The van der Waals surface area contributed by atoms with E-state index in [4.69, 9.17) is 9.47 Å². The van der Waals surface area contributed by atoms with E-state index in [1.165, 1.54) is 0 Å². The molecule has 1 fully saturated rings. The van der Waals surface area contributed by atoms with Crippen LogP contribution >= 0.6 is 0 Å². The van der Waals surface area contributed by atoms with Crippen LogP contribution in [0.2, 0.25) is 0 Å². The van der Waals surface area contributed by atoms with Crippen molar-refractivity contribution in [1.82, 2.24) is 0 Å². The fraction of sp³-hybridized carbons (Fsp3) is 0.444. The van der Waals surface area contributed by atoms with E-state index in [2.05, 4.69) is 19.7 Å². The van der Waals surface area contributed by atoms with Gasteiger partial charge in [0, 0.05) is 5.57 Å². The van der Waals surface area contributed by atoms with Gasteiger partial charge in [-0.1, -0.05) is 6.58 Å². The number of carbonyl (C=O) groups excluding carboxylic acids is 1. The zero-order valence-corrected chi connectivity index (χ0v) is 7.34. The third-order valence-electron chi connectivity index (χ3n) is 1.15. The summed E-state index contributed by atoms with van der Waals surface area (Å²) in [5.74, 6) is -0.337. The minimum absolute atomic E-state index is 0.142. The predicted molar refractivity (Wildman–Crippen MR) is 46.8 cm³/mol. The normalized spacial score (nSPS) is 18.6. The maximum atomic E-state index is 10.7. The fourth-order valence-corrected chi connectivity index (χ4v) is 0.456. The van der Waals surface area contributed by atoms with E-state index in [1.807, 2.05) is 0 Å². The lowest BCUT2D eigenvalue weighted by Gasteiger charge is -1.99. The first-order valence-corrected chi connectivity index (χ1v) is 3.64. The largest absolute Gasteiger partial charge is 0.459 e. The number of hydrogen-bond donors (Lipinski definition) is 0. The van der Waals surface area contributed by atoms with E-state index in [-0.39, 0.29) is 12.1 Å². The van der Waals surface area contributed by atoms with Gasteiger partial charge in [0.2, 0.25) is 0 Å². The molecule has 3 heteroatoms. The van der Waals surface area contributed by atoms with Gasteiger partial charge in [-0.25, -0.2) is 4.79 Å². The van der Waals surface area contributed by atoms with Crippen LogP contribution in [-0.4, -0.2) is 25.3 Å². The summed E-state index contributed by atoms with van der Waals surface area (Å²) in [5.41, 5.74) is 0.431. The van der Waals surface area contributed by atoms with Crippen LogP contribution in [-0.2, 0) is 14.3 Å². The Morgan fingerprint density at radius 1 is 1.67 bits per heavy atom. The van der Waals surface area contributed by atoms with E-state index < -0.39 is 0 Å². The molecule has 1 heterocycles. The smallest absolute Gasteiger partial charge is 0.333 e. The number of rotatable bonds is 3. The van der Waals surface area contributed by atoms with Crippen LogP contribution in [0, 0.1) is 0 Å². The SMILES string of the molecule is C=C.C=C(C)C(=O)OCC1CO1. The molecule has 0 aromatic heterocycles. The molecule has 0 bridgehead atoms. The Morgan fingerprint density at radius 2 is 2.17 bits per heavy atom. The molecule has 0 N–H and O–H groups in total. The van der Waals surface area contributed by atoms with Crippen LogP contribution in [0.4, 0.5) is 0 Å². The van der Waals surface area contributed by atoms with E-state index in [0.717, 1.165) is 0 Å². The second kappa shape index (κ2) is 5.55. The molecule has 0 radical (unpaired) electrons. The molecule has 68 valence electrons. The van der Waals surface area contributed by atoms with Gasteiger partial charge in [-0.05, 0) is 6.92 Å². The molecule has 3 nitrogen and oxygen atoms in total. The summed E-state index contributed by atoms with van der Waals surface area (Å²) in [7, 11) is 0. The van der Waals surface area contributed by atoms with Crippen LogP contribution in [0.25, 0.3) is 0 Å². The van der Waals surface area contributed by atoms with E-state index in [1.54, 1.807) is 6.92 Å². The molecule has 1 aliphatic rings. The van der Waals surface area contributed by atoms with Crippen molar-refractivity contribution in [2.45, 2.75) is 13.0 Å². The molecule has 0 aliphatic carbocycles. The fourth-order valence-electron chi connectivity index (χ4n) is 0.456. The quantitative estimate of drug-likeness (QED) is 0.277. The molecule has 0 amide bonds. The van der Waals surface area contributed by atoms with Crippen molar-refractivity contribution in [2.24, 2.45) is 0 Å². The van der Waals surface area contributed by atoms with Crippen molar-refractivity contribution < 1.29 is 14.3 Å². The van der Waals surface area contributed by atoms with Gasteiger partial charge in [0.05, 0.1) is 6.61 Å². The lowest BCUT2D eigenvalue weighted by Crippen LogP contribution is -2.09. The molecule has 12 heavy (non-hydrogen) atoms. The van der Waals surface area contributed by atoms with Gasteiger partial charge in [-0.3, -0.25) is 0 Å². The van der Waals surface area contributed by atoms with Gasteiger partial charge < -0.3 is 9.47 Å². The lowest BCUT2D eigenvalue weighted by atomic mass is 10.4. The summed E-state index contributed by atoms with van der Waals surface area (Å²) in [4.78, 5) is 10.7. The van der Waals surface area contributed by atoms with Gasteiger partial charge in [-0.2, -0.15) is 0 Å². The van der Waals surface area contributed by atoms with Crippen LogP contribution in [0.3, 0.4) is 0 Å². The highest BCUT2D eigenvalue weighted by Gasteiger charge is 2.24. The van der Waals surface area contributed by atoms with Crippen LogP contribution in [0.5, 0.6) is 0 Å². The van der Waals surface area contributed by atoms with Crippen LogP contribution < -0.4 is 0 Å². The molecule has 1 saturated heterocycles. The maximum absolute atomic E-state index is 10.7. The molecule has 0 aromatic carbocycles. The summed E-state index contributed by atoms with van der Waals surface area (Å²) in [5, 5.41) is 0. The van der Waals surface area contributed by atoms with Gasteiger partial charge >= 0.3 is 5.97 Å². The summed E-state index contributed by atoms with van der Waals surface area (Å²) in [6, 6.07) is 0. The minimum Gasteiger partial charge on any atom is -0.459 e. The molecule has 0 aromatic rings. The summed E-state index contributed by atoms with van der Waals surface area (Å²) in [6.07, 6.45) is 0.142. The molecular formula is C9H14O3. The highest BCUT2D eigenvalue weighted by Crippen LogP contribution is 2.09. The van der Waals surface area contributed by atoms with Gasteiger partial charge in [0.15, 0.2) is 0 Å². The Kier molecular flexibility index (Phi) is 5.04. The summed E-state index contributed by atoms with van der Waals surface area (Å²) in [6.45, 7) is 12.1. The maximum Gasteiger partial charge on any atom is 0.333 e. The molecule has 0 spiro atoms. The number of epoxide rings is 1. The first kappa shape index (κ1) is 10.9. The van der Waals surface area contributed by atoms with Crippen molar-refractivity contribution in [3.63, 3.8) is 0 Å². The number of hydrogen-bond acceptors (Lipinski definition) is 3. The Bertz CT molecular complexity index is 171. The first-order chi connectivity index (χ1) is 5.70. The number of ether oxygens (including phenoxy) is 2. The molecule has 1 rings (SSSR count). The van der Waals surface area contributed by atoms with Crippen LogP contribution in [0.1, 0.15) is 6.92 Å². The minimum atomic E-state index is -0.337. The molecule has 1 aliphatic heterocycles. The highest BCUT2D eigenvalue weighted by molar-refractivity contribution is 5.86. The molecular weight excluding hydrogens is 156 g/mol. The van der Waals surface area contributed by atoms with Crippen molar-refractivity contribution in [3.8, 4) is 0 Å². The van der Waals surface area contributed by atoms with Crippen molar-refractivity contribution >= 4 is 5.97 Å². The average Bonchev–Trinajstić information content (AvgIpc) is 2.87. The Balaban J connectivity index is 0.000000561. The van der Waals surface area contributed by atoms with Crippen molar-refractivity contribution in [3.05, 3.63) is 25.3 Å². The number of esters is 1. The molecule has 0 saturated carbocycles. The van der Waals surface area contributed by atoms with E-state index in [9.17, 15) is 4.79 Å². The second-order valence-electron chi connectivity index (χ2n) is 2.33. The number of carbonyl (C=O) groups is 1.